The zero-order chi connectivity index (χ0) is 17.5. The first kappa shape index (κ1) is 17.1. The summed E-state index contributed by atoms with van der Waals surface area (Å²) in [4.78, 5) is 29.7. The van der Waals surface area contributed by atoms with Crippen molar-refractivity contribution in [2.75, 3.05) is 19.5 Å². The Bertz CT molecular complexity index is 783. The largest absolute Gasteiger partial charge is 0.470 e. The average molecular weight is 363 g/mol. The molecule has 1 fully saturated rings. The highest BCUT2D eigenvalue weighted by Gasteiger charge is 2.50. The van der Waals surface area contributed by atoms with Gasteiger partial charge in [-0.05, 0) is 0 Å². The molecule has 4 N–H and O–H groups in total. The minimum absolute atomic E-state index is 0.114. The highest BCUT2D eigenvalue weighted by atomic mass is 31.2. The summed E-state index contributed by atoms with van der Waals surface area (Å²) in [5, 5.41) is 0. The first-order valence-electron chi connectivity index (χ1n) is 6.77. The number of nitrogens with zero attached hydrogens (tertiary/aromatic N) is 4. The summed E-state index contributed by atoms with van der Waals surface area (Å²) >= 11 is 0. The van der Waals surface area contributed by atoms with Crippen molar-refractivity contribution in [3.8, 4) is 0 Å². The number of aromatic nitrogens is 4. The van der Waals surface area contributed by atoms with E-state index < -0.39 is 32.4 Å². The van der Waals surface area contributed by atoms with E-state index in [1.54, 1.807) is 0 Å². The Morgan fingerprint density at radius 1 is 1.46 bits per heavy atom. The number of fused-ring (bicyclic) bond motifs is 1. The van der Waals surface area contributed by atoms with Crippen LogP contribution < -0.4 is 5.73 Å². The fraction of sp³-hybridized carbons (Fsp3) is 0.545. The topological polar surface area (TPSA) is 155 Å². The summed E-state index contributed by atoms with van der Waals surface area (Å²) in [6, 6.07) is 0. The maximum Gasteiger partial charge on any atom is 0.470 e. The normalized spacial score (nSPS) is 27.8. The third-order valence-corrected chi connectivity index (χ3v) is 4.04. The number of nitrogen functional groups attached to an aromatic ring is 1. The Morgan fingerprint density at radius 3 is 2.88 bits per heavy atom. The van der Waals surface area contributed by atoms with Crippen LogP contribution in [0.15, 0.2) is 12.7 Å². The molecule has 0 aromatic carbocycles. The summed E-state index contributed by atoms with van der Waals surface area (Å²) in [6.45, 7) is -0.120. The molecule has 132 valence electrons. The summed E-state index contributed by atoms with van der Waals surface area (Å²) in [7, 11) is -3.57. The lowest BCUT2D eigenvalue weighted by Crippen LogP contribution is -2.33. The van der Waals surface area contributed by atoms with Gasteiger partial charge < -0.3 is 25.0 Å². The van der Waals surface area contributed by atoms with Gasteiger partial charge in [0.15, 0.2) is 23.9 Å². The molecule has 0 aliphatic carbocycles. The number of ether oxygens (including phenoxy) is 2. The van der Waals surface area contributed by atoms with Gasteiger partial charge in [-0.25, -0.2) is 23.9 Å². The van der Waals surface area contributed by atoms with Crippen LogP contribution in [0.25, 0.3) is 11.2 Å². The molecule has 0 saturated carbocycles. The van der Waals surface area contributed by atoms with Crippen LogP contribution in [0.4, 0.5) is 10.2 Å². The number of hydrogen-bond acceptors (Lipinski definition) is 8. The molecule has 13 heteroatoms. The minimum Gasteiger partial charge on any atom is -0.382 e. The quantitative estimate of drug-likeness (QED) is 0.607. The van der Waals surface area contributed by atoms with E-state index in [2.05, 4.69) is 19.5 Å². The third kappa shape index (κ3) is 3.11. The second-order valence-electron chi connectivity index (χ2n) is 5.11. The molecule has 0 radical (unpaired) electrons. The lowest BCUT2D eigenvalue weighted by Gasteiger charge is -2.19. The maximum atomic E-state index is 14.8. The maximum absolute atomic E-state index is 14.8. The first-order chi connectivity index (χ1) is 11.3. The number of phosphoric acid groups is 1. The van der Waals surface area contributed by atoms with Gasteiger partial charge in [-0.3, -0.25) is 9.09 Å². The number of halogens is 1. The highest BCUT2D eigenvalue weighted by Crippen LogP contribution is 2.45. The number of imidazole rings is 1. The summed E-state index contributed by atoms with van der Waals surface area (Å²) in [5.41, 5.74) is 6.16. The lowest BCUT2D eigenvalue weighted by atomic mass is 10.1. The molecular weight excluding hydrogens is 348 g/mol. The van der Waals surface area contributed by atoms with Crippen molar-refractivity contribution in [2.24, 2.45) is 0 Å². The molecule has 1 saturated heterocycles. The predicted molar refractivity (Wildman–Crippen MR) is 77.3 cm³/mol. The Hall–Kier alpha value is -1.69. The Kier molecular flexibility index (Phi) is 4.51. The van der Waals surface area contributed by atoms with Crippen LogP contribution in [0.3, 0.4) is 0 Å². The Balaban J connectivity index is 1.95. The van der Waals surface area contributed by atoms with E-state index in [1.165, 1.54) is 24.3 Å². The van der Waals surface area contributed by atoms with Crippen molar-refractivity contribution in [2.45, 2.75) is 24.6 Å². The van der Waals surface area contributed by atoms with Gasteiger partial charge in [0.1, 0.15) is 24.1 Å². The molecule has 0 spiro atoms. The van der Waals surface area contributed by atoms with Gasteiger partial charge in [0.2, 0.25) is 0 Å². The van der Waals surface area contributed by atoms with Gasteiger partial charge in [-0.15, -0.1) is 0 Å². The number of alkyl halides is 1. The number of methoxy groups -OCH3 is 1. The van der Waals surface area contributed by atoms with Gasteiger partial charge in [0, 0.05) is 7.11 Å². The van der Waals surface area contributed by atoms with Crippen LogP contribution in [0, 0.1) is 0 Å². The molecule has 11 nitrogen and oxygen atoms in total. The first-order valence-corrected chi connectivity index (χ1v) is 8.30. The molecule has 2 aromatic heterocycles. The van der Waals surface area contributed by atoms with E-state index in [9.17, 15) is 8.96 Å². The van der Waals surface area contributed by atoms with E-state index >= 15 is 0 Å². The van der Waals surface area contributed by atoms with Crippen molar-refractivity contribution >= 4 is 24.8 Å². The highest BCUT2D eigenvalue weighted by molar-refractivity contribution is 7.46. The molecule has 3 heterocycles. The number of anilines is 1. The fourth-order valence-electron chi connectivity index (χ4n) is 2.56. The van der Waals surface area contributed by atoms with Gasteiger partial charge in [-0.1, -0.05) is 0 Å². The SMILES string of the molecule is COCC1OC(n2cnc3c(N)ncnc32)C(F)C1OP(=O)(O)O. The monoisotopic (exact) mass is 363 g/mol. The fourth-order valence-corrected chi connectivity index (χ4v) is 3.13. The van der Waals surface area contributed by atoms with Crippen LogP contribution in [0.1, 0.15) is 6.23 Å². The molecule has 1 aliphatic rings. The van der Waals surface area contributed by atoms with Gasteiger partial charge in [-0.2, -0.15) is 0 Å². The standard InChI is InChI=1S/C11H15FN5O6P/c1-21-2-5-8(23-24(18,19)20)6(12)11(22-5)17-4-16-7-9(13)14-3-15-10(7)17/h3-6,8,11H,2H2,1H3,(H2,13,14,15)(H2,18,19,20). The average Bonchev–Trinajstić information content (AvgIpc) is 3.03. The van der Waals surface area contributed by atoms with Crippen molar-refractivity contribution < 1.29 is 32.7 Å². The van der Waals surface area contributed by atoms with Crippen LogP contribution in [0.2, 0.25) is 0 Å². The van der Waals surface area contributed by atoms with E-state index in [0.29, 0.717) is 0 Å². The van der Waals surface area contributed by atoms with Crippen LogP contribution in [-0.2, 0) is 18.6 Å². The zero-order valence-corrected chi connectivity index (χ0v) is 13.3. The molecule has 0 amide bonds. The smallest absolute Gasteiger partial charge is 0.382 e. The third-order valence-electron chi connectivity index (χ3n) is 3.52. The number of phosphoric ester groups is 1. The van der Waals surface area contributed by atoms with Crippen molar-refractivity contribution in [3.63, 3.8) is 0 Å². The van der Waals surface area contributed by atoms with Crippen molar-refractivity contribution in [1.82, 2.24) is 19.5 Å². The van der Waals surface area contributed by atoms with E-state index in [-0.39, 0.29) is 23.6 Å². The summed E-state index contributed by atoms with van der Waals surface area (Å²) in [5.74, 6) is 0.114. The molecular formula is C11H15FN5O6P. The van der Waals surface area contributed by atoms with Gasteiger partial charge in [0.05, 0.1) is 12.9 Å². The molecule has 1 aliphatic heterocycles. The van der Waals surface area contributed by atoms with E-state index in [1.807, 2.05) is 0 Å². The van der Waals surface area contributed by atoms with Crippen molar-refractivity contribution in [3.05, 3.63) is 12.7 Å². The molecule has 3 rings (SSSR count). The lowest BCUT2D eigenvalue weighted by molar-refractivity contribution is -0.0538. The van der Waals surface area contributed by atoms with Crippen LogP contribution >= 0.6 is 7.82 Å². The second-order valence-corrected chi connectivity index (χ2v) is 6.30. The number of hydrogen-bond donors (Lipinski definition) is 3. The number of rotatable bonds is 5. The summed E-state index contributed by atoms with van der Waals surface area (Å²) < 4.78 is 42.1. The van der Waals surface area contributed by atoms with E-state index in [4.69, 9.17) is 25.0 Å². The Labute approximate surface area is 134 Å². The number of nitrogens with two attached hydrogens (primary N) is 1. The minimum atomic E-state index is -4.92. The predicted octanol–water partition coefficient (Wildman–Crippen LogP) is -0.232. The second kappa shape index (κ2) is 6.31. The molecule has 4 unspecified atom stereocenters. The summed E-state index contributed by atoms with van der Waals surface area (Å²) in [6.07, 6.45) is -3.26. The van der Waals surface area contributed by atoms with E-state index in [0.717, 1.165) is 0 Å². The molecule has 2 aromatic rings. The molecule has 24 heavy (non-hydrogen) atoms. The Morgan fingerprint density at radius 2 is 2.21 bits per heavy atom. The molecule has 4 atom stereocenters. The van der Waals surface area contributed by atoms with Gasteiger partial charge >= 0.3 is 7.82 Å². The van der Waals surface area contributed by atoms with Gasteiger partial charge in [0.25, 0.3) is 0 Å². The zero-order valence-electron chi connectivity index (χ0n) is 12.4. The van der Waals surface area contributed by atoms with Crippen molar-refractivity contribution in [1.29, 1.82) is 0 Å². The van der Waals surface area contributed by atoms with Crippen LogP contribution in [-0.4, -0.2) is 61.4 Å². The molecule has 0 bridgehead atoms. The van der Waals surface area contributed by atoms with Crippen LogP contribution in [0.5, 0.6) is 0 Å².